The lowest BCUT2D eigenvalue weighted by atomic mass is 10.2. The Morgan fingerprint density at radius 3 is 2.69 bits per heavy atom. The minimum atomic E-state index is -0.594. The molecule has 0 unspecified atom stereocenters. The van der Waals surface area contributed by atoms with Crippen LogP contribution < -0.4 is 5.32 Å². The van der Waals surface area contributed by atoms with Crippen molar-refractivity contribution >= 4 is 12.3 Å². The number of rotatable bonds is 6. The predicted octanol–water partition coefficient (Wildman–Crippen LogP) is 0.818. The molecule has 0 aromatic heterocycles. The van der Waals surface area contributed by atoms with E-state index in [9.17, 15) is 9.59 Å². The SMILES string of the molecule is CN[C@H]([C]=O)CC(=O)OCc1ccccc1. The van der Waals surface area contributed by atoms with Gasteiger partial charge in [-0.25, -0.2) is 0 Å². The number of likely N-dealkylation sites (N-methyl/N-ethyl adjacent to an activating group) is 1. The van der Waals surface area contributed by atoms with Gasteiger partial charge in [-0.15, -0.1) is 0 Å². The summed E-state index contributed by atoms with van der Waals surface area (Å²) in [5, 5.41) is 2.66. The molecule has 0 bridgehead atoms. The van der Waals surface area contributed by atoms with E-state index < -0.39 is 12.0 Å². The third-order valence-electron chi connectivity index (χ3n) is 2.10. The fraction of sp³-hybridized carbons (Fsp3) is 0.333. The highest BCUT2D eigenvalue weighted by molar-refractivity contribution is 5.75. The highest BCUT2D eigenvalue weighted by Crippen LogP contribution is 2.02. The molecule has 1 aromatic rings. The van der Waals surface area contributed by atoms with E-state index in [1.54, 1.807) is 13.3 Å². The third kappa shape index (κ3) is 4.23. The van der Waals surface area contributed by atoms with Gasteiger partial charge in [0.2, 0.25) is 6.29 Å². The lowest BCUT2D eigenvalue weighted by Crippen LogP contribution is -2.30. The molecule has 0 heterocycles. The predicted molar refractivity (Wildman–Crippen MR) is 59.4 cm³/mol. The Kier molecular flexibility index (Phi) is 5.22. The number of nitrogens with one attached hydrogen (secondary N) is 1. The highest BCUT2D eigenvalue weighted by Gasteiger charge is 2.12. The summed E-state index contributed by atoms with van der Waals surface area (Å²) in [6, 6.07) is 8.79. The molecule has 85 valence electrons. The monoisotopic (exact) mass is 220 g/mol. The van der Waals surface area contributed by atoms with Crippen molar-refractivity contribution in [2.75, 3.05) is 7.05 Å². The summed E-state index contributed by atoms with van der Waals surface area (Å²) in [7, 11) is 1.60. The molecule has 0 saturated heterocycles. The smallest absolute Gasteiger partial charge is 0.308 e. The van der Waals surface area contributed by atoms with Crippen LogP contribution in [0.4, 0.5) is 0 Å². The molecular formula is C12H14NO3. The van der Waals surface area contributed by atoms with Crippen LogP contribution in [0, 0.1) is 0 Å². The van der Waals surface area contributed by atoms with Gasteiger partial charge in [-0.2, -0.15) is 0 Å². The number of benzene rings is 1. The second kappa shape index (κ2) is 6.74. The Balaban J connectivity index is 2.33. The highest BCUT2D eigenvalue weighted by atomic mass is 16.5. The van der Waals surface area contributed by atoms with Gasteiger partial charge in [-0.05, 0) is 12.6 Å². The molecular weight excluding hydrogens is 206 g/mol. The third-order valence-corrected chi connectivity index (χ3v) is 2.10. The van der Waals surface area contributed by atoms with Crippen molar-refractivity contribution < 1.29 is 14.3 Å². The summed E-state index contributed by atoms with van der Waals surface area (Å²) in [4.78, 5) is 21.7. The Labute approximate surface area is 94.6 Å². The summed E-state index contributed by atoms with van der Waals surface area (Å²) < 4.78 is 5.00. The Bertz CT molecular complexity index is 337. The zero-order valence-electron chi connectivity index (χ0n) is 9.10. The minimum absolute atomic E-state index is 0.00678. The van der Waals surface area contributed by atoms with E-state index in [1.165, 1.54) is 0 Å². The van der Waals surface area contributed by atoms with E-state index in [2.05, 4.69) is 5.32 Å². The van der Waals surface area contributed by atoms with E-state index in [0.717, 1.165) is 5.56 Å². The van der Waals surface area contributed by atoms with Crippen LogP contribution in [-0.2, 0) is 20.9 Å². The Morgan fingerprint density at radius 2 is 2.12 bits per heavy atom. The fourth-order valence-electron chi connectivity index (χ4n) is 1.17. The number of carbonyl (C=O) groups is 1. The zero-order chi connectivity index (χ0) is 11.8. The van der Waals surface area contributed by atoms with E-state index in [4.69, 9.17) is 4.74 Å². The molecule has 16 heavy (non-hydrogen) atoms. The van der Waals surface area contributed by atoms with Crippen LogP contribution in [0.5, 0.6) is 0 Å². The summed E-state index contributed by atoms with van der Waals surface area (Å²) in [6.45, 7) is 0.231. The van der Waals surface area contributed by atoms with Crippen molar-refractivity contribution in [3.63, 3.8) is 0 Å². The van der Waals surface area contributed by atoms with Gasteiger partial charge in [0.1, 0.15) is 6.61 Å². The molecule has 4 nitrogen and oxygen atoms in total. The molecule has 0 aliphatic heterocycles. The molecule has 1 rings (SSSR count). The number of hydrogen-bond acceptors (Lipinski definition) is 4. The molecule has 4 heteroatoms. The van der Waals surface area contributed by atoms with Crippen LogP contribution in [-0.4, -0.2) is 25.3 Å². The van der Waals surface area contributed by atoms with E-state index in [1.807, 2.05) is 30.3 Å². The number of esters is 1. The van der Waals surface area contributed by atoms with Gasteiger partial charge < -0.3 is 10.1 Å². The van der Waals surface area contributed by atoms with Gasteiger partial charge in [0.25, 0.3) is 0 Å². The molecule has 1 radical (unpaired) electrons. The maximum atomic E-state index is 11.3. The van der Waals surface area contributed by atoms with Gasteiger partial charge in [-0.3, -0.25) is 9.59 Å². The molecule has 1 N–H and O–H groups in total. The first-order chi connectivity index (χ1) is 7.76. The summed E-state index contributed by atoms with van der Waals surface area (Å²) >= 11 is 0. The number of ether oxygens (including phenoxy) is 1. The van der Waals surface area contributed by atoms with Crippen LogP contribution in [0.25, 0.3) is 0 Å². The van der Waals surface area contributed by atoms with Crippen molar-refractivity contribution in [1.82, 2.24) is 5.32 Å². The number of carbonyl (C=O) groups excluding carboxylic acids is 2. The van der Waals surface area contributed by atoms with E-state index >= 15 is 0 Å². The first kappa shape index (κ1) is 12.4. The first-order valence-corrected chi connectivity index (χ1v) is 5.00. The van der Waals surface area contributed by atoms with Crippen LogP contribution in [0.3, 0.4) is 0 Å². The van der Waals surface area contributed by atoms with Gasteiger partial charge in [-0.1, -0.05) is 30.3 Å². The van der Waals surface area contributed by atoms with Gasteiger partial charge in [0.15, 0.2) is 0 Å². The standard InChI is InChI=1S/C12H14NO3/c1-13-11(8-14)7-12(15)16-9-10-5-3-2-4-6-10/h2-6,11,13H,7,9H2,1H3/t11-/m0/s1. The van der Waals surface area contributed by atoms with Crippen LogP contribution >= 0.6 is 0 Å². The topological polar surface area (TPSA) is 55.4 Å². The molecule has 0 aliphatic rings. The van der Waals surface area contributed by atoms with Crippen molar-refractivity contribution in [2.24, 2.45) is 0 Å². The average Bonchev–Trinajstić information content (AvgIpc) is 2.34. The first-order valence-electron chi connectivity index (χ1n) is 5.00. The molecule has 1 atom stereocenters. The maximum absolute atomic E-state index is 11.3. The lowest BCUT2D eigenvalue weighted by Gasteiger charge is -2.08. The van der Waals surface area contributed by atoms with Gasteiger partial charge in [0, 0.05) is 0 Å². The van der Waals surface area contributed by atoms with Crippen molar-refractivity contribution in [1.29, 1.82) is 0 Å². The van der Waals surface area contributed by atoms with E-state index in [0.29, 0.717) is 0 Å². The van der Waals surface area contributed by atoms with Crippen LogP contribution in [0.2, 0.25) is 0 Å². The average molecular weight is 220 g/mol. The molecule has 0 saturated carbocycles. The lowest BCUT2D eigenvalue weighted by molar-refractivity contribution is -0.145. The van der Waals surface area contributed by atoms with E-state index in [-0.39, 0.29) is 13.0 Å². The largest absolute Gasteiger partial charge is 0.461 e. The van der Waals surface area contributed by atoms with Crippen LogP contribution in [0.1, 0.15) is 12.0 Å². The summed E-state index contributed by atoms with van der Waals surface area (Å²) in [6.07, 6.45) is 1.73. The van der Waals surface area contributed by atoms with Crippen LogP contribution in [0.15, 0.2) is 30.3 Å². The molecule has 0 spiro atoms. The zero-order valence-corrected chi connectivity index (χ0v) is 9.10. The van der Waals surface area contributed by atoms with Crippen molar-refractivity contribution in [3.05, 3.63) is 35.9 Å². The minimum Gasteiger partial charge on any atom is -0.461 e. The molecule has 0 aliphatic carbocycles. The summed E-state index contributed by atoms with van der Waals surface area (Å²) in [5.41, 5.74) is 0.923. The van der Waals surface area contributed by atoms with Gasteiger partial charge in [0.05, 0.1) is 12.5 Å². The molecule has 0 fully saturated rings. The normalized spacial score (nSPS) is 11.8. The second-order valence-electron chi connectivity index (χ2n) is 3.31. The number of hydrogen-bond donors (Lipinski definition) is 1. The fourth-order valence-corrected chi connectivity index (χ4v) is 1.17. The quantitative estimate of drug-likeness (QED) is 0.721. The maximum Gasteiger partial charge on any atom is 0.308 e. The Morgan fingerprint density at radius 1 is 1.44 bits per heavy atom. The van der Waals surface area contributed by atoms with Crippen molar-refractivity contribution in [3.8, 4) is 0 Å². The molecule has 1 aromatic carbocycles. The molecule has 0 amide bonds. The summed E-state index contributed by atoms with van der Waals surface area (Å²) in [5.74, 6) is -0.411. The Hall–Kier alpha value is -1.68. The van der Waals surface area contributed by atoms with Gasteiger partial charge >= 0.3 is 5.97 Å². The second-order valence-corrected chi connectivity index (χ2v) is 3.31. The van der Waals surface area contributed by atoms with Crippen molar-refractivity contribution in [2.45, 2.75) is 19.1 Å².